The molecule has 1 aromatic rings. The summed E-state index contributed by atoms with van der Waals surface area (Å²) in [5.74, 6) is 0.167. The second-order valence-electron chi connectivity index (χ2n) is 7.65. The molecule has 3 N–H and O–H groups in total. The maximum absolute atomic E-state index is 12.9. The fourth-order valence-corrected chi connectivity index (χ4v) is 4.08. The summed E-state index contributed by atoms with van der Waals surface area (Å²) in [6.45, 7) is 2.85. The van der Waals surface area contributed by atoms with E-state index in [9.17, 15) is 18.0 Å². The minimum Gasteiger partial charge on any atom is -0.379 e. The standard InChI is InChI=1S/C20H28F3N3O2/c21-20(22,23)16-6-4-14(5-7-16)18(26-8-10-28-11-9-26)13-25-19(27)12-15-2-1-3-17(15)24/h4-7,15,17-18H,1-3,8-13,24H2,(H,25,27)/t15-,17+,18?/m0/s1. The third kappa shape index (κ3) is 5.46. The molecule has 1 heterocycles. The molecule has 2 aliphatic rings. The molecular weight excluding hydrogens is 371 g/mol. The molecule has 0 aromatic heterocycles. The van der Waals surface area contributed by atoms with E-state index in [4.69, 9.17) is 10.5 Å². The van der Waals surface area contributed by atoms with Gasteiger partial charge in [-0.05, 0) is 36.5 Å². The highest BCUT2D eigenvalue weighted by molar-refractivity contribution is 5.76. The van der Waals surface area contributed by atoms with Gasteiger partial charge in [-0.3, -0.25) is 9.69 Å². The third-order valence-electron chi connectivity index (χ3n) is 5.77. The van der Waals surface area contributed by atoms with Crippen LogP contribution < -0.4 is 11.1 Å². The van der Waals surface area contributed by atoms with Crippen molar-refractivity contribution in [1.29, 1.82) is 0 Å². The van der Waals surface area contributed by atoms with Crippen LogP contribution in [0.2, 0.25) is 0 Å². The van der Waals surface area contributed by atoms with Gasteiger partial charge in [0.05, 0.1) is 24.8 Å². The van der Waals surface area contributed by atoms with E-state index >= 15 is 0 Å². The molecule has 1 aliphatic carbocycles. The molecule has 0 bridgehead atoms. The number of carbonyl (C=O) groups excluding carboxylic acids is 1. The zero-order chi connectivity index (χ0) is 20.1. The molecule has 3 atom stereocenters. The number of amides is 1. The second-order valence-corrected chi connectivity index (χ2v) is 7.65. The largest absolute Gasteiger partial charge is 0.416 e. The summed E-state index contributed by atoms with van der Waals surface area (Å²) in [6.07, 6.45) is -0.966. The maximum Gasteiger partial charge on any atom is 0.416 e. The third-order valence-corrected chi connectivity index (χ3v) is 5.77. The number of benzene rings is 1. The highest BCUT2D eigenvalue weighted by atomic mass is 19.4. The summed E-state index contributed by atoms with van der Waals surface area (Å²) >= 11 is 0. The maximum atomic E-state index is 12.9. The first-order valence-electron chi connectivity index (χ1n) is 9.86. The van der Waals surface area contributed by atoms with Crippen molar-refractivity contribution in [2.24, 2.45) is 11.7 Å². The molecule has 3 rings (SSSR count). The van der Waals surface area contributed by atoms with Crippen molar-refractivity contribution in [3.63, 3.8) is 0 Å². The quantitative estimate of drug-likeness (QED) is 0.772. The van der Waals surface area contributed by atoms with Crippen LogP contribution in [0.1, 0.15) is 42.9 Å². The first-order valence-corrected chi connectivity index (χ1v) is 9.86. The van der Waals surface area contributed by atoms with Crippen molar-refractivity contribution < 1.29 is 22.7 Å². The molecule has 1 saturated carbocycles. The van der Waals surface area contributed by atoms with Gasteiger partial charge in [0.25, 0.3) is 0 Å². The number of ether oxygens (including phenoxy) is 1. The minimum atomic E-state index is -4.36. The molecule has 1 saturated heterocycles. The molecule has 1 aromatic carbocycles. The molecule has 28 heavy (non-hydrogen) atoms. The number of rotatable bonds is 6. The summed E-state index contributed by atoms with van der Waals surface area (Å²) in [6, 6.07) is 5.09. The van der Waals surface area contributed by atoms with Gasteiger partial charge in [0.1, 0.15) is 0 Å². The predicted octanol–water partition coefficient (Wildman–Crippen LogP) is 2.71. The minimum absolute atomic E-state index is 0.0486. The van der Waals surface area contributed by atoms with Gasteiger partial charge in [0.2, 0.25) is 5.91 Å². The van der Waals surface area contributed by atoms with E-state index in [1.165, 1.54) is 12.1 Å². The highest BCUT2D eigenvalue weighted by Crippen LogP contribution is 2.31. The predicted molar refractivity (Wildman–Crippen MR) is 99.5 cm³/mol. The normalized spacial score (nSPS) is 24.9. The van der Waals surface area contributed by atoms with Crippen LogP contribution >= 0.6 is 0 Å². The van der Waals surface area contributed by atoms with Crippen LogP contribution in [0.3, 0.4) is 0 Å². The van der Waals surface area contributed by atoms with Crippen molar-refractivity contribution in [2.45, 2.75) is 43.9 Å². The first-order chi connectivity index (χ1) is 13.3. The molecule has 5 nitrogen and oxygen atoms in total. The molecule has 8 heteroatoms. The number of nitrogens with zero attached hydrogens (tertiary/aromatic N) is 1. The topological polar surface area (TPSA) is 67.6 Å². The number of morpholine rings is 1. The lowest BCUT2D eigenvalue weighted by Crippen LogP contribution is -2.44. The van der Waals surface area contributed by atoms with E-state index in [1.807, 2.05) is 0 Å². The number of hydrogen-bond donors (Lipinski definition) is 2. The molecule has 1 aliphatic heterocycles. The van der Waals surface area contributed by atoms with Gasteiger partial charge >= 0.3 is 6.18 Å². The summed E-state index contributed by atoms with van der Waals surface area (Å²) < 4.78 is 44.0. The number of hydrogen-bond acceptors (Lipinski definition) is 4. The summed E-state index contributed by atoms with van der Waals surface area (Å²) in [4.78, 5) is 14.5. The Bertz CT molecular complexity index is 645. The molecule has 1 unspecified atom stereocenters. The average molecular weight is 399 g/mol. The van der Waals surface area contributed by atoms with Gasteiger partial charge < -0.3 is 15.8 Å². The fourth-order valence-electron chi connectivity index (χ4n) is 4.08. The van der Waals surface area contributed by atoms with E-state index in [1.54, 1.807) is 0 Å². The zero-order valence-electron chi connectivity index (χ0n) is 15.9. The van der Waals surface area contributed by atoms with Crippen molar-refractivity contribution >= 4 is 5.91 Å². The zero-order valence-corrected chi connectivity index (χ0v) is 15.9. The molecule has 0 radical (unpaired) electrons. The summed E-state index contributed by atoms with van der Waals surface area (Å²) in [5, 5.41) is 2.97. The molecule has 0 spiro atoms. The van der Waals surface area contributed by atoms with Crippen LogP contribution in [0, 0.1) is 5.92 Å². The Morgan fingerprint density at radius 1 is 1.21 bits per heavy atom. The Kier molecular flexibility index (Phi) is 6.95. The number of carbonyl (C=O) groups is 1. The smallest absolute Gasteiger partial charge is 0.379 e. The van der Waals surface area contributed by atoms with E-state index in [0.29, 0.717) is 39.3 Å². The number of alkyl halides is 3. The van der Waals surface area contributed by atoms with Crippen LogP contribution in [0.4, 0.5) is 13.2 Å². The van der Waals surface area contributed by atoms with Gasteiger partial charge in [-0.15, -0.1) is 0 Å². The number of nitrogens with one attached hydrogen (secondary N) is 1. The van der Waals surface area contributed by atoms with Crippen LogP contribution in [0.25, 0.3) is 0 Å². The van der Waals surface area contributed by atoms with Crippen molar-refractivity contribution in [3.05, 3.63) is 35.4 Å². The van der Waals surface area contributed by atoms with Crippen LogP contribution in [0.5, 0.6) is 0 Å². The van der Waals surface area contributed by atoms with E-state index in [2.05, 4.69) is 10.2 Å². The molecule has 2 fully saturated rings. The highest BCUT2D eigenvalue weighted by Gasteiger charge is 2.31. The summed E-state index contributed by atoms with van der Waals surface area (Å²) in [7, 11) is 0. The summed E-state index contributed by atoms with van der Waals surface area (Å²) in [5.41, 5.74) is 6.13. The van der Waals surface area contributed by atoms with E-state index in [0.717, 1.165) is 37.0 Å². The van der Waals surface area contributed by atoms with E-state index < -0.39 is 11.7 Å². The van der Waals surface area contributed by atoms with Gasteiger partial charge in [-0.1, -0.05) is 18.6 Å². The fraction of sp³-hybridized carbons (Fsp3) is 0.650. The van der Waals surface area contributed by atoms with Crippen LogP contribution in [0.15, 0.2) is 24.3 Å². The lowest BCUT2D eigenvalue weighted by Gasteiger charge is -2.35. The van der Waals surface area contributed by atoms with Gasteiger partial charge in [-0.2, -0.15) is 13.2 Å². The second kappa shape index (κ2) is 9.24. The van der Waals surface area contributed by atoms with Crippen molar-refractivity contribution in [1.82, 2.24) is 10.2 Å². The molecular formula is C20H28F3N3O2. The van der Waals surface area contributed by atoms with Crippen LogP contribution in [-0.2, 0) is 15.7 Å². The average Bonchev–Trinajstić information content (AvgIpc) is 3.07. The monoisotopic (exact) mass is 399 g/mol. The van der Waals surface area contributed by atoms with Crippen molar-refractivity contribution in [2.75, 3.05) is 32.8 Å². The van der Waals surface area contributed by atoms with Crippen molar-refractivity contribution in [3.8, 4) is 0 Å². The lowest BCUT2D eigenvalue weighted by molar-refractivity contribution is -0.137. The van der Waals surface area contributed by atoms with Gasteiger partial charge in [0.15, 0.2) is 0 Å². The molecule has 1 amide bonds. The van der Waals surface area contributed by atoms with E-state index in [-0.39, 0.29) is 23.9 Å². The Hall–Kier alpha value is -1.64. The van der Waals surface area contributed by atoms with Gasteiger partial charge in [-0.25, -0.2) is 0 Å². The first kappa shape index (κ1) is 21.1. The van der Waals surface area contributed by atoms with Gasteiger partial charge in [0, 0.05) is 32.1 Å². The Morgan fingerprint density at radius 3 is 2.46 bits per heavy atom. The number of nitrogens with two attached hydrogens (primary N) is 1. The molecule has 156 valence electrons. The Morgan fingerprint density at radius 2 is 1.89 bits per heavy atom. The SMILES string of the molecule is N[C@@H]1CCC[C@H]1CC(=O)NCC(c1ccc(C(F)(F)F)cc1)N1CCOCC1. The Labute approximate surface area is 163 Å². The number of halogens is 3. The Balaban J connectivity index is 1.66. The van der Waals surface area contributed by atoms with Crippen LogP contribution in [-0.4, -0.2) is 49.7 Å². The lowest BCUT2D eigenvalue weighted by atomic mass is 9.99.